The first-order chi connectivity index (χ1) is 15.6. The lowest BCUT2D eigenvalue weighted by Gasteiger charge is -2.36. The number of thiophene rings is 1. The number of benzene rings is 1. The van der Waals surface area contributed by atoms with Crippen molar-refractivity contribution in [1.29, 1.82) is 0 Å². The van der Waals surface area contributed by atoms with Crippen molar-refractivity contribution < 1.29 is 9.53 Å². The number of likely N-dealkylation sites (tertiary alicyclic amines) is 1. The molecule has 0 saturated carbocycles. The van der Waals surface area contributed by atoms with Gasteiger partial charge in [0, 0.05) is 43.8 Å². The van der Waals surface area contributed by atoms with Crippen molar-refractivity contribution >= 4 is 23.1 Å². The van der Waals surface area contributed by atoms with Crippen LogP contribution in [-0.4, -0.2) is 68.8 Å². The minimum atomic E-state index is -0.0193. The zero-order valence-corrected chi connectivity index (χ0v) is 20.2. The van der Waals surface area contributed by atoms with Crippen molar-refractivity contribution in [2.75, 3.05) is 57.9 Å². The number of hydrogen-bond donors (Lipinski definition) is 1. The molecule has 0 spiro atoms. The minimum Gasteiger partial charge on any atom is -0.378 e. The van der Waals surface area contributed by atoms with Gasteiger partial charge >= 0.3 is 6.03 Å². The summed E-state index contributed by atoms with van der Waals surface area (Å²) < 4.78 is 5.44. The fourth-order valence-corrected chi connectivity index (χ4v) is 5.39. The molecule has 6 nitrogen and oxygen atoms in total. The summed E-state index contributed by atoms with van der Waals surface area (Å²) in [5, 5.41) is 5.32. The van der Waals surface area contributed by atoms with Gasteiger partial charge in [-0.1, -0.05) is 25.1 Å². The average molecular weight is 457 g/mol. The van der Waals surface area contributed by atoms with Gasteiger partial charge in [0.25, 0.3) is 0 Å². The number of piperidine rings is 1. The van der Waals surface area contributed by atoms with E-state index >= 15 is 0 Å². The maximum Gasteiger partial charge on any atom is 0.317 e. The summed E-state index contributed by atoms with van der Waals surface area (Å²) in [7, 11) is 1.87. The molecule has 1 aromatic heterocycles. The quantitative estimate of drug-likeness (QED) is 0.678. The molecular weight excluding hydrogens is 420 g/mol. The van der Waals surface area contributed by atoms with Crippen LogP contribution in [0.1, 0.15) is 36.2 Å². The van der Waals surface area contributed by atoms with Crippen LogP contribution in [-0.2, 0) is 11.3 Å². The lowest BCUT2D eigenvalue weighted by atomic mass is 9.97. The Morgan fingerprint density at radius 2 is 1.88 bits per heavy atom. The molecule has 4 rings (SSSR count). The van der Waals surface area contributed by atoms with E-state index < -0.39 is 0 Å². The first-order valence-electron chi connectivity index (χ1n) is 11.8. The predicted molar refractivity (Wildman–Crippen MR) is 131 cm³/mol. The highest BCUT2D eigenvalue weighted by molar-refractivity contribution is 7.10. The number of nitrogens with one attached hydrogen (secondary N) is 1. The average Bonchev–Trinajstić information content (AvgIpc) is 3.36. The van der Waals surface area contributed by atoms with Crippen LogP contribution in [0, 0.1) is 5.92 Å². The minimum absolute atomic E-state index is 0.0193. The zero-order chi connectivity index (χ0) is 22.3. The van der Waals surface area contributed by atoms with E-state index in [1.807, 2.05) is 7.05 Å². The van der Waals surface area contributed by atoms with Crippen molar-refractivity contribution in [3.8, 4) is 0 Å². The van der Waals surface area contributed by atoms with Crippen LogP contribution in [0.5, 0.6) is 0 Å². The fraction of sp³-hybridized carbons (Fsp3) is 0.560. The number of hydrogen-bond acceptors (Lipinski definition) is 5. The van der Waals surface area contributed by atoms with E-state index in [1.165, 1.54) is 23.4 Å². The van der Waals surface area contributed by atoms with E-state index in [1.54, 1.807) is 16.2 Å². The second kappa shape index (κ2) is 11.2. The standard InChI is InChI=1S/C25H36N4O2S/c1-20-9-11-29(12-10-20)23(24-4-3-17-32-24)18-26-25(30)27(2)19-21-5-7-22(8-6-21)28-13-15-31-16-14-28/h3-8,17,20,23H,9-16,18-19H2,1-2H3,(H,26,30). The van der Waals surface area contributed by atoms with Gasteiger partial charge in [0.1, 0.15) is 0 Å². The van der Waals surface area contributed by atoms with Crippen molar-refractivity contribution in [3.63, 3.8) is 0 Å². The maximum absolute atomic E-state index is 12.8. The van der Waals surface area contributed by atoms with Crippen molar-refractivity contribution in [3.05, 3.63) is 52.2 Å². The van der Waals surface area contributed by atoms with Crippen LogP contribution < -0.4 is 10.2 Å². The molecule has 2 saturated heterocycles. The number of amides is 2. The van der Waals surface area contributed by atoms with E-state index in [2.05, 4.69) is 63.8 Å². The van der Waals surface area contributed by atoms with E-state index in [0.717, 1.165) is 50.9 Å². The summed E-state index contributed by atoms with van der Waals surface area (Å²) in [6.07, 6.45) is 2.46. The largest absolute Gasteiger partial charge is 0.378 e. The van der Waals surface area contributed by atoms with Gasteiger partial charge in [-0.15, -0.1) is 11.3 Å². The molecule has 1 N–H and O–H groups in total. The number of rotatable bonds is 7. The Morgan fingerprint density at radius 1 is 1.16 bits per heavy atom. The molecule has 1 atom stereocenters. The van der Waals surface area contributed by atoms with Crippen LogP contribution in [0.2, 0.25) is 0 Å². The van der Waals surface area contributed by atoms with Crippen molar-refractivity contribution in [1.82, 2.24) is 15.1 Å². The van der Waals surface area contributed by atoms with E-state index in [4.69, 9.17) is 4.74 Å². The third-order valence-electron chi connectivity index (χ3n) is 6.66. The summed E-state index contributed by atoms with van der Waals surface area (Å²) in [5.41, 5.74) is 2.36. The summed E-state index contributed by atoms with van der Waals surface area (Å²) >= 11 is 1.78. The van der Waals surface area contributed by atoms with Gasteiger partial charge in [-0.05, 0) is 61.0 Å². The number of ether oxygens (including phenoxy) is 1. The molecule has 2 aromatic rings. The second-order valence-corrected chi connectivity index (χ2v) is 10.0. The highest BCUT2D eigenvalue weighted by Crippen LogP contribution is 2.29. The molecule has 3 heterocycles. The molecular formula is C25H36N4O2S. The van der Waals surface area contributed by atoms with E-state index in [-0.39, 0.29) is 12.1 Å². The number of urea groups is 1. The van der Waals surface area contributed by atoms with Gasteiger partial charge in [-0.3, -0.25) is 4.90 Å². The Bertz CT molecular complexity index is 828. The van der Waals surface area contributed by atoms with Crippen LogP contribution >= 0.6 is 11.3 Å². The molecule has 32 heavy (non-hydrogen) atoms. The second-order valence-electron chi connectivity index (χ2n) is 9.06. The first kappa shape index (κ1) is 23.1. The Hall–Kier alpha value is -2.09. The summed E-state index contributed by atoms with van der Waals surface area (Å²) in [6.45, 7) is 9.22. The van der Waals surface area contributed by atoms with Crippen LogP contribution in [0.15, 0.2) is 41.8 Å². The third kappa shape index (κ3) is 6.03. The van der Waals surface area contributed by atoms with Crippen LogP contribution in [0.25, 0.3) is 0 Å². The van der Waals surface area contributed by atoms with Gasteiger partial charge in [-0.25, -0.2) is 4.79 Å². The van der Waals surface area contributed by atoms with Gasteiger partial charge < -0.3 is 19.9 Å². The molecule has 2 fully saturated rings. The van der Waals surface area contributed by atoms with Crippen LogP contribution in [0.4, 0.5) is 10.5 Å². The van der Waals surface area contributed by atoms with Gasteiger partial charge in [-0.2, -0.15) is 0 Å². The van der Waals surface area contributed by atoms with Crippen molar-refractivity contribution in [2.45, 2.75) is 32.4 Å². The SMILES string of the molecule is CC1CCN(C(CNC(=O)N(C)Cc2ccc(N3CCOCC3)cc2)c2cccs2)CC1. The summed E-state index contributed by atoms with van der Waals surface area (Å²) in [6, 6.07) is 13.1. The fourth-order valence-electron chi connectivity index (χ4n) is 4.53. The molecule has 1 unspecified atom stereocenters. The number of anilines is 1. The van der Waals surface area contributed by atoms with Gasteiger partial charge in [0.15, 0.2) is 0 Å². The molecule has 174 valence electrons. The predicted octanol–water partition coefficient (Wildman–Crippen LogP) is 4.20. The third-order valence-corrected chi connectivity index (χ3v) is 7.63. The highest BCUT2D eigenvalue weighted by atomic mass is 32.1. The number of carbonyl (C=O) groups is 1. The van der Waals surface area contributed by atoms with E-state index in [0.29, 0.717) is 13.1 Å². The smallest absolute Gasteiger partial charge is 0.317 e. The molecule has 2 aliphatic rings. The normalized spacial score (nSPS) is 19.0. The lowest BCUT2D eigenvalue weighted by Crippen LogP contribution is -2.44. The Morgan fingerprint density at radius 3 is 2.53 bits per heavy atom. The number of morpholine rings is 1. The van der Waals surface area contributed by atoms with E-state index in [9.17, 15) is 4.79 Å². The Balaban J connectivity index is 1.30. The Labute approximate surface area is 196 Å². The van der Waals surface area contributed by atoms with Crippen LogP contribution in [0.3, 0.4) is 0 Å². The molecule has 0 bridgehead atoms. The van der Waals surface area contributed by atoms with Gasteiger partial charge in [0.2, 0.25) is 0 Å². The monoisotopic (exact) mass is 456 g/mol. The highest BCUT2D eigenvalue weighted by Gasteiger charge is 2.26. The van der Waals surface area contributed by atoms with Gasteiger partial charge in [0.05, 0.1) is 19.3 Å². The topological polar surface area (TPSA) is 48.1 Å². The van der Waals surface area contributed by atoms with Crippen molar-refractivity contribution in [2.24, 2.45) is 5.92 Å². The summed E-state index contributed by atoms with van der Waals surface area (Å²) in [4.78, 5) is 20.8. The molecule has 1 aromatic carbocycles. The zero-order valence-electron chi connectivity index (χ0n) is 19.3. The molecule has 2 amide bonds. The maximum atomic E-state index is 12.8. The number of nitrogens with zero attached hydrogens (tertiary/aromatic N) is 3. The first-order valence-corrected chi connectivity index (χ1v) is 12.7. The number of carbonyl (C=O) groups excluding carboxylic acids is 1. The Kier molecular flexibility index (Phi) is 8.05. The molecule has 0 radical (unpaired) electrons. The molecule has 0 aliphatic carbocycles. The molecule has 7 heteroatoms. The lowest BCUT2D eigenvalue weighted by molar-refractivity contribution is 0.122. The summed E-state index contributed by atoms with van der Waals surface area (Å²) in [5.74, 6) is 0.797. The molecule has 2 aliphatic heterocycles.